The number of amides is 2. The number of rotatable bonds is 8. The number of thiazole rings is 2. The topological polar surface area (TPSA) is 134 Å². The Morgan fingerprint density at radius 3 is 2.68 bits per heavy atom. The fraction of sp³-hybridized carbons (Fsp3) is 0.484. The molecule has 3 aliphatic rings. The number of nitrogens with zero attached hydrogens (tertiary/aromatic N) is 6. The van der Waals surface area contributed by atoms with Gasteiger partial charge in [-0.2, -0.15) is 0 Å². The average Bonchev–Trinajstić information content (AvgIpc) is 3.77. The number of aliphatic hydroxyl groups is 1. The van der Waals surface area contributed by atoms with Crippen LogP contribution in [0.3, 0.4) is 0 Å². The van der Waals surface area contributed by atoms with E-state index in [1.165, 1.54) is 22.7 Å². The fourth-order valence-electron chi connectivity index (χ4n) is 6.46. The van der Waals surface area contributed by atoms with Crippen LogP contribution < -0.4 is 5.32 Å². The maximum Gasteiger partial charge on any atom is 0.282 e. The number of hydrogen-bond acceptors (Lipinski definition) is 11. The van der Waals surface area contributed by atoms with Gasteiger partial charge in [-0.25, -0.2) is 19.9 Å². The molecule has 7 rings (SSSR count). The van der Waals surface area contributed by atoms with Gasteiger partial charge in [0.25, 0.3) is 5.91 Å². The Kier molecular flexibility index (Phi) is 8.38. The third-order valence-corrected chi connectivity index (χ3v) is 10.7. The van der Waals surface area contributed by atoms with Crippen LogP contribution in [0, 0.1) is 5.92 Å². The summed E-state index contributed by atoms with van der Waals surface area (Å²) >= 11 is 2.84. The van der Waals surface area contributed by atoms with E-state index in [1.807, 2.05) is 28.5 Å². The molecule has 4 heterocycles. The molecule has 11 nitrogen and oxygen atoms in total. The molecule has 3 aromatic heterocycles. The second-order valence-electron chi connectivity index (χ2n) is 11.9. The zero-order valence-electron chi connectivity index (χ0n) is 24.5. The molecule has 2 saturated carbocycles. The fourth-order valence-corrected chi connectivity index (χ4v) is 7.97. The first-order valence-corrected chi connectivity index (χ1v) is 16.9. The molecule has 1 aromatic carbocycles. The van der Waals surface area contributed by atoms with Crippen LogP contribution in [-0.2, 0) is 16.1 Å². The summed E-state index contributed by atoms with van der Waals surface area (Å²) in [6.07, 6.45) is 8.97. The molecular formula is C31H35N7O4S2. The van der Waals surface area contributed by atoms with E-state index in [9.17, 15) is 14.7 Å². The Hall–Kier alpha value is -3.36. The van der Waals surface area contributed by atoms with Crippen LogP contribution in [0.2, 0.25) is 0 Å². The molecule has 0 radical (unpaired) electrons. The van der Waals surface area contributed by atoms with Gasteiger partial charge in [0.1, 0.15) is 6.61 Å². The summed E-state index contributed by atoms with van der Waals surface area (Å²) < 4.78 is 6.78. The predicted molar refractivity (Wildman–Crippen MR) is 168 cm³/mol. The minimum absolute atomic E-state index is 0.00800. The molecule has 2 N–H and O–H groups in total. The van der Waals surface area contributed by atoms with Crippen molar-refractivity contribution in [3.05, 3.63) is 53.0 Å². The highest BCUT2D eigenvalue weighted by atomic mass is 32.1. The molecule has 1 aliphatic heterocycles. The third kappa shape index (κ3) is 6.11. The molecular weight excluding hydrogens is 599 g/mol. The standard InChI is InChI=1S/C31H35N7O4S2/c1-18-16-37(30(41)29-32-7-10-43-29)8-9-38(18)22-11-20(12-22)28(40)36-31-35-23-6-5-19(13-26(23)44-31)21-14-33-27(34-15-21)17-42-25-4-2-3-24(25)39/h5-7,10,13-15,18,20,22,24-25,39H,2-4,8-9,11-12,16-17H2,1H3,(H,35,36,40)/t18-,20-,22+,24-,25-/m0/s1. The minimum Gasteiger partial charge on any atom is -0.390 e. The number of anilines is 1. The maximum absolute atomic E-state index is 13.1. The van der Waals surface area contributed by atoms with E-state index in [-0.39, 0.29) is 36.5 Å². The first-order valence-electron chi connectivity index (χ1n) is 15.2. The Labute approximate surface area is 263 Å². The van der Waals surface area contributed by atoms with Crippen molar-refractivity contribution in [1.82, 2.24) is 29.7 Å². The van der Waals surface area contributed by atoms with Gasteiger partial charge in [0.15, 0.2) is 16.0 Å². The highest BCUT2D eigenvalue weighted by molar-refractivity contribution is 7.22. The zero-order chi connectivity index (χ0) is 30.2. The summed E-state index contributed by atoms with van der Waals surface area (Å²) in [4.78, 5) is 47.8. The highest BCUT2D eigenvalue weighted by Gasteiger charge is 2.41. The average molecular weight is 634 g/mol. The Morgan fingerprint density at radius 2 is 1.95 bits per heavy atom. The SMILES string of the molecule is C[C@H]1CN(C(=O)c2nccs2)CCN1[C@H]1C[C@@H](C(=O)Nc2nc3ccc(-c4cnc(CO[C@H]5CCC[C@@H]5O)nc4)cc3s2)C1. The lowest BCUT2D eigenvalue weighted by Gasteiger charge is -2.49. The van der Waals surface area contributed by atoms with E-state index in [0.717, 1.165) is 60.0 Å². The number of fused-ring (bicyclic) bond motifs is 1. The zero-order valence-corrected chi connectivity index (χ0v) is 26.1. The van der Waals surface area contributed by atoms with E-state index in [1.54, 1.807) is 18.6 Å². The third-order valence-electron chi connectivity index (χ3n) is 9.04. The first-order chi connectivity index (χ1) is 21.4. The van der Waals surface area contributed by atoms with Crippen LogP contribution in [0.5, 0.6) is 0 Å². The van der Waals surface area contributed by atoms with Crippen molar-refractivity contribution in [1.29, 1.82) is 0 Å². The van der Waals surface area contributed by atoms with Gasteiger partial charge in [0.2, 0.25) is 5.91 Å². The molecule has 3 fully saturated rings. The van der Waals surface area contributed by atoms with Crippen molar-refractivity contribution in [3.8, 4) is 11.1 Å². The van der Waals surface area contributed by atoms with Gasteiger partial charge in [-0.05, 0) is 56.7 Å². The Morgan fingerprint density at radius 1 is 1.11 bits per heavy atom. The van der Waals surface area contributed by atoms with Crippen molar-refractivity contribution in [3.63, 3.8) is 0 Å². The van der Waals surface area contributed by atoms with Crippen molar-refractivity contribution >= 4 is 49.8 Å². The van der Waals surface area contributed by atoms with E-state index in [2.05, 4.69) is 37.1 Å². The summed E-state index contributed by atoms with van der Waals surface area (Å²) in [6, 6.07) is 6.58. The number of aliphatic hydroxyl groups excluding tert-OH is 1. The summed E-state index contributed by atoms with van der Waals surface area (Å²) in [6.45, 7) is 4.60. The van der Waals surface area contributed by atoms with Gasteiger partial charge in [-0.3, -0.25) is 14.5 Å². The Bertz CT molecular complexity index is 1620. The van der Waals surface area contributed by atoms with Crippen LogP contribution in [0.1, 0.15) is 54.7 Å². The highest BCUT2D eigenvalue weighted by Crippen LogP contribution is 2.36. The summed E-state index contributed by atoms with van der Waals surface area (Å²) in [5.74, 6) is 0.575. The number of piperazine rings is 1. The lowest BCUT2D eigenvalue weighted by Crippen LogP contribution is -2.60. The summed E-state index contributed by atoms with van der Waals surface area (Å²) in [5.41, 5.74) is 2.70. The van der Waals surface area contributed by atoms with Gasteiger partial charge >= 0.3 is 0 Å². The van der Waals surface area contributed by atoms with Crippen LogP contribution in [0.15, 0.2) is 42.2 Å². The van der Waals surface area contributed by atoms with Crippen molar-refractivity contribution in [2.75, 3.05) is 25.0 Å². The maximum atomic E-state index is 13.1. The molecule has 2 amide bonds. The number of ether oxygens (including phenoxy) is 1. The van der Waals surface area contributed by atoms with Crippen LogP contribution >= 0.6 is 22.7 Å². The number of carbonyl (C=O) groups excluding carboxylic acids is 2. The van der Waals surface area contributed by atoms with Gasteiger partial charge < -0.3 is 20.1 Å². The van der Waals surface area contributed by atoms with Gasteiger partial charge in [-0.15, -0.1) is 11.3 Å². The smallest absolute Gasteiger partial charge is 0.282 e. The van der Waals surface area contributed by atoms with Gasteiger partial charge in [-0.1, -0.05) is 17.4 Å². The van der Waals surface area contributed by atoms with E-state index in [0.29, 0.717) is 35.1 Å². The molecule has 3 atom stereocenters. The molecule has 230 valence electrons. The summed E-state index contributed by atoms with van der Waals surface area (Å²) in [7, 11) is 0. The van der Waals surface area contributed by atoms with Gasteiger partial charge in [0, 0.05) is 67.2 Å². The van der Waals surface area contributed by atoms with E-state index < -0.39 is 6.10 Å². The Balaban J connectivity index is 0.908. The number of nitrogens with one attached hydrogen (secondary N) is 1. The molecule has 13 heteroatoms. The number of hydrogen-bond donors (Lipinski definition) is 2. The minimum atomic E-state index is -0.398. The quantitative estimate of drug-likeness (QED) is 0.293. The van der Waals surface area contributed by atoms with Crippen molar-refractivity contribution in [2.24, 2.45) is 5.92 Å². The largest absolute Gasteiger partial charge is 0.390 e. The molecule has 2 aliphatic carbocycles. The lowest BCUT2D eigenvalue weighted by atomic mass is 9.78. The van der Waals surface area contributed by atoms with E-state index >= 15 is 0 Å². The molecule has 0 unspecified atom stereocenters. The molecule has 0 spiro atoms. The van der Waals surface area contributed by atoms with Crippen LogP contribution in [0.25, 0.3) is 21.3 Å². The normalized spacial score (nSPS) is 25.7. The van der Waals surface area contributed by atoms with Crippen LogP contribution in [-0.4, -0.2) is 90.6 Å². The number of benzene rings is 1. The monoisotopic (exact) mass is 633 g/mol. The second kappa shape index (κ2) is 12.6. The van der Waals surface area contributed by atoms with Crippen molar-refractivity contribution < 1.29 is 19.4 Å². The predicted octanol–water partition coefficient (Wildman–Crippen LogP) is 4.20. The molecule has 44 heavy (non-hydrogen) atoms. The lowest BCUT2D eigenvalue weighted by molar-refractivity contribution is -0.125. The second-order valence-corrected chi connectivity index (χ2v) is 13.8. The summed E-state index contributed by atoms with van der Waals surface area (Å²) in [5, 5.41) is 16.0. The van der Waals surface area contributed by atoms with Crippen LogP contribution in [0.4, 0.5) is 5.13 Å². The number of carbonyl (C=O) groups is 2. The molecule has 4 aromatic rings. The molecule has 0 bridgehead atoms. The van der Waals surface area contributed by atoms with E-state index in [4.69, 9.17) is 4.74 Å². The van der Waals surface area contributed by atoms with Crippen molar-refractivity contribution in [2.45, 2.75) is 69.9 Å². The number of aromatic nitrogens is 4. The molecule has 1 saturated heterocycles. The van der Waals surface area contributed by atoms with Gasteiger partial charge in [0.05, 0.1) is 22.4 Å². The first kappa shape index (κ1) is 29.4.